The van der Waals surface area contributed by atoms with Crippen molar-refractivity contribution in [2.45, 2.75) is 5.60 Å². The molecule has 6 heteroatoms. The molecule has 0 bridgehead atoms. The van der Waals surface area contributed by atoms with Crippen molar-refractivity contribution in [3.63, 3.8) is 0 Å². The minimum atomic E-state index is -1.94. The standard InChI is InChI=1S/C19H17N3O3/c23-17(16-12-7-13-20-16)21-22-18(24)19(25,14-8-3-1-4-9-14)15-10-5-2-6-11-15/h1-13,20,25H,(H,21,23)(H,22,24). The predicted molar refractivity (Wildman–Crippen MR) is 92.3 cm³/mol. The smallest absolute Gasteiger partial charge is 0.286 e. The summed E-state index contributed by atoms with van der Waals surface area (Å²) in [7, 11) is 0. The van der Waals surface area contributed by atoms with Crippen LogP contribution in [-0.4, -0.2) is 21.9 Å². The number of hydrogen-bond donors (Lipinski definition) is 4. The summed E-state index contributed by atoms with van der Waals surface area (Å²) >= 11 is 0. The van der Waals surface area contributed by atoms with Gasteiger partial charge in [0.15, 0.2) is 5.60 Å². The summed E-state index contributed by atoms with van der Waals surface area (Å²) in [6.45, 7) is 0. The fourth-order valence-corrected chi connectivity index (χ4v) is 2.53. The van der Waals surface area contributed by atoms with Crippen LogP contribution in [-0.2, 0) is 10.4 Å². The van der Waals surface area contributed by atoms with E-state index < -0.39 is 17.4 Å². The van der Waals surface area contributed by atoms with E-state index in [2.05, 4.69) is 15.8 Å². The normalized spacial score (nSPS) is 10.9. The van der Waals surface area contributed by atoms with E-state index in [1.54, 1.807) is 79.0 Å². The highest BCUT2D eigenvalue weighted by Gasteiger charge is 2.40. The third-order valence-corrected chi connectivity index (χ3v) is 3.84. The molecule has 3 aromatic rings. The first-order chi connectivity index (χ1) is 12.1. The number of rotatable bonds is 4. The van der Waals surface area contributed by atoms with Gasteiger partial charge in [0.2, 0.25) is 0 Å². The first-order valence-electron chi connectivity index (χ1n) is 7.70. The van der Waals surface area contributed by atoms with Crippen LogP contribution >= 0.6 is 0 Å². The van der Waals surface area contributed by atoms with E-state index >= 15 is 0 Å². The molecule has 0 unspecified atom stereocenters. The van der Waals surface area contributed by atoms with Gasteiger partial charge in [0.25, 0.3) is 11.8 Å². The van der Waals surface area contributed by atoms with Gasteiger partial charge >= 0.3 is 0 Å². The number of aliphatic hydroxyl groups is 1. The molecule has 0 saturated carbocycles. The molecule has 0 aliphatic carbocycles. The third kappa shape index (κ3) is 3.29. The van der Waals surface area contributed by atoms with Crippen LogP contribution in [0.5, 0.6) is 0 Å². The lowest BCUT2D eigenvalue weighted by atomic mass is 9.85. The molecule has 0 spiro atoms. The second-order valence-corrected chi connectivity index (χ2v) is 5.43. The number of benzene rings is 2. The monoisotopic (exact) mass is 335 g/mol. The molecule has 0 saturated heterocycles. The van der Waals surface area contributed by atoms with E-state index in [1.165, 1.54) is 0 Å². The molecule has 0 aliphatic rings. The lowest BCUT2D eigenvalue weighted by Gasteiger charge is -2.28. The highest BCUT2D eigenvalue weighted by atomic mass is 16.3. The highest BCUT2D eigenvalue weighted by Crippen LogP contribution is 2.29. The Balaban J connectivity index is 1.87. The van der Waals surface area contributed by atoms with Crippen molar-refractivity contribution in [3.8, 4) is 0 Å². The highest BCUT2D eigenvalue weighted by molar-refractivity contribution is 5.96. The molecule has 0 atom stereocenters. The summed E-state index contributed by atoms with van der Waals surface area (Å²) in [6, 6.07) is 20.4. The Labute approximate surface area is 144 Å². The number of H-pyrrole nitrogens is 1. The van der Waals surface area contributed by atoms with Crippen molar-refractivity contribution in [1.82, 2.24) is 15.8 Å². The minimum absolute atomic E-state index is 0.295. The molecule has 4 N–H and O–H groups in total. The van der Waals surface area contributed by atoms with Crippen molar-refractivity contribution in [1.29, 1.82) is 0 Å². The van der Waals surface area contributed by atoms with E-state index in [0.717, 1.165) is 0 Å². The zero-order valence-corrected chi connectivity index (χ0v) is 13.3. The summed E-state index contributed by atoms with van der Waals surface area (Å²) in [4.78, 5) is 27.5. The zero-order chi connectivity index (χ0) is 17.7. The lowest BCUT2D eigenvalue weighted by Crippen LogP contribution is -2.52. The van der Waals surface area contributed by atoms with Crippen LogP contribution in [0.4, 0.5) is 0 Å². The van der Waals surface area contributed by atoms with E-state index in [9.17, 15) is 14.7 Å². The van der Waals surface area contributed by atoms with Crippen LogP contribution in [0, 0.1) is 0 Å². The number of amides is 2. The maximum Gasteiger partial charge on any atom is 0.286 e. The van der Waals surface area contributed by atoms with Crippen LogP contribution < -0.4 is 10.9 Å². The quantitative estimate of drug-likeness (QED) is 0.547. The predicted octanol–water partition coefficient (Wildman–Crippen LogP) is 1.71. The summed E-state index contributed by atoms with van der Waals surface area (Å²) in [5.41, 5.74) is 3.75. The minimum Gasteiger partial charge on any atom is -0.372 e. The number of hydrazine groups is 1. The Morgan fingerprint density at radius 1 is 0.800 bits per heavy atom. The van der Waals surface area contributed by atoms with Gasteiger partial charge in [0.1, 0.15) is 5.69 Å². The molecule has 126 valence electrons. The van der Waals surface area contributed by atoms with Crippen LogP contribution in [0.3, 0.4) is 0 Å². The van der Waals surface area contributed by atoms with Gasteiger partial charge in [-0.15, -0.1) is 0 Å². The second kappa shape index (κ2) is 7.02. The van der Waals surface area contributed by atoms with Crippen molar-refractivity contribution < 1.29 is 14.7 Å². The second-order valence-electron chi connectivity index (χ2n) is 5.43. The Bertz CT molecular complexity index is 807. The zero-order valence-electron chi connectivity index (χ0n) is 13.3. The first kappa shape index (κ1) is 16.5. The summed E-state index contributed by atoms with van der Waals surface area (Å²) in [5, 5.41) is 11.2. The number of carbonyl (C=O) groups is 2. The molecule has 2 aromatic carbocycles. The van der Waals surface area contributed by atoms with Gasteiger partial charge in [-0.25, -0.2) is 0 Å². The number of carbonyl (C=O) groups excluding carboxylic acids is 2. The maximum atomic E-state index is 12.8. The summed E-state index contributed by atoms with van der Waals surface area (Å²) in [6.07, 6.45) is 1.60. The lowest BCUT2D eigenvalue weighted by molar-refractivity contribution is -0.137. The number of aromatic amines is 1. The van der Waals surface area contributed by atoms with Crippen LogP contribution in [0.15, 0.2) is 79.0 Å². The van der Waals surface area contributed by atoms with Crippen LogP contribution in [0.2, 0.25) is 0 Å². The van der Waals surface area contributed by atoms with Gasteiger partial charge in [-0.3, -0.25) is 20.4 Å². The van der Waals surface area contributed by atoms with Gasteiger partial charge in [-0.05, 0) is 23.3 Å². The Morgan fingerprint density at radius 3 is 1.84 bits per heavy atom. The van der Waals surface area contributed by atoms with Crippen molar-refractivity contribution in [2.75, 3.05) is 0 Å². The third-order valence-electron chi connectivity index (χ3n) is 3.84. The molecule has 6 nitrogen and oxygen atoms in total. The summed E-state index contributed by atoms with van der Waals surface area (Å²) in [5.74, 6) is -1.27. The Kier molecular flexibility index (Phi) is 4.63. The average Bonchev–Trinajstić information content (AvgIpc) is 3.21. The Hall–Kier alpha value is -3.38. The van der Waals surface area contributed by atoms with E-state index in [-0.39, 0.29) is 0 Å². The topological polar surface area (TPSA) is 94.2 Å². The van der Waals surface area contributed by atoms with Crippen molar-refractivity contribution >= 4 is 11.8 Å². The molecule has 25 heavy (non-hydrogen) atoms. The van der Waals surface area contributed by atoms with E-state index in [1.807, 2.05) is 0 Å². The van der Waals surface area contributed by atoms with Gasteiger partial charge in [0.05, 0.1) is 0 Å². The number of aromatic nitrogens is 1. The molecular formula is C19H17N3O3. The molecule has 0 radical (unpaired) electrons. The molecule has 1 aromatic heterocycles. The summed E-state index contributed by atoms with van der Waals surface area (Å²) < 4.78 is 0. The molecule has 1 heterocycles. The van der Waals surface area contributed by atoms with Crippen LogP contribution in [0.25, 0.3) is 0 Å². The molecule has 2 amide bonds. The average molecular weight is 335 g/mol. The van der Waals surface area contributed by atoms with Crippen molar-refractivity contribution in [2.24, 2.45) is 0 Å². The maximum absolute atomic E-state index is 12.8. The first-order valence-corrected chi connectivity index (χ1v) is 7.70. The largest absolute Gasteiger partial charge is 0.372 e. The Morgan fingerprint density at radius 2 is 1.36 bits per heavy atom. The fourth-order valence-electron chi connectivity index (χ4n) is 2.53. The van der Waals surface area contributed by atoms with E-state index in [4.69, 9.17) is 0 Å². The van der Waals surface area contributed by atoms with Gasteiger partial charge in [-0.1, -0.05) is 60.7 Å². The number of nitrogens with one attached hydrogen (secondary N) is 3. The molecule has 0 aliphatic heterocycles. The number of hydrogen-bond acceptors (Lipinski definition) is 3. The van der Waals surface area contributed by atoms with Gasteiger partial charge in [0, 0.05) is 6.20 Å². The SMILES string of the molecule is O=C(NNC(=O)C(O)(c1ccccc1)c1ccccc1)c1ccc[nH]1. The molecular weight excluding hydrogens is 318 g/mol. The molecule has 0 fully saturated rings. The van der Waals surface area contributed by atoms with Gasteiger partial charge in [-0.2, -0.15) is 0 Å². The van der Waals surface area contributed by atoms with Crippen molar-refractivity contribution in [3.05, 3.63) is 95.8 Å². The molecule has 3 rings (SSSR count). The van der Waals surface area contributed by atoms with Gasteiger partial charge < -0.3 is 10.1 Å². The van der Waals surface area contributed by atoms with E-state index in [0.29, 0.717) is 16.8 Å². The fraction of sp³-hybridized carbons (Fsp3) is 0.0526. The van der Waals surface area contributed by atoms with Crippen LogP contribution in [0.1, 0.15) is 21.6 Å².